The molecule has 7 heteroatoms. The van der Waals surface area contributed by atoms with E-state index in [0.29, 0.717) is 19.7 Å². The van der Waals surface area contributed by atoms with E-state index in [2.05, 4.69) is 38.5 Å². The van der Waals surface area contributed by atoms with Crippen LogP contribution in [0, 0.1) is 13.8 Å². The van der Waals surface area contributed by atoms with Gasteiger partial charge in [0.25, 0.3) is 0 Å². The van der Waals surface area contributed by atoms with Crippen LogP contribution in [0.25, 0.3) is 0 Å². The van der Waals surface area contributed by atoms with E-state index in [4.69, 9.17) is 4.74 Å². The summed E-state index contributed by atoms with van der Waals surface area (Å²) in [6.45, 7) is 7.00. The number of hydrogen-bond donors (Lipinski definition) is 2. The quantitative estimate of drug-likeness (QED) is 0.548. The number of nitrogens with one attached hydrogen (secondary N) is 2. The van der Waals surface area contributed by atoms with E-state index in [0.717, 1.165) is 34.5 Å². The van der Waals surface area contributed by atoms with Gasteiger partial charge in [0, 0.05) is 30.6 Å². The van der Waals surface area contributed by atoms with E-state index in [1.807, 2.05) is 39.2 Å². The maximum Gasteiger partial charge on any atom is 0.191 e. The molecule has 1 aromatic heterocycles. The number of benzene rings is 1. The van der Waals surface area contributed by atoms with Crippen molar-refractivity contribution in [2.75, 3.05) is 34.3 Å². The Labute approximate surface area is 160 Å². The van der Waals surface area contributed by atoms with Crippen molar-refractivity contribution in [2.45, 2.75) is 26.9 Å². The molecule has 142 valence electrons. The molecule has 6 nitrogen and oxygen atoms in total. The average molecular weight is 376 g/mol. The maximum absolute atomic E-state index is 5.91. The summed E-state index contributed by atoms with van der Waals surface area (Å²) < 4.78 is 5.91. The number of thiazole rings is 1. The first-order valence-corrected chi connectivity index (χ1v) is 9.54. The van der Waals surface area contributed by atoms with E-state index < -0.39 is 0 Å². The van der Waals surface area contributed by atoms with E-state index in [1.54, 1.807) is 18.4 Å². The van der Waals surface area contributed by atoms with Crippen LogP contribution in [-0.2, 0) is 13.1 Å². The molecular weight excluding hydrogens is 346 g/mol. The first-order valence-electron chi connectivity index (χ1n) is 8.72. The third-order valence-corrected chi connectivity index (χ3v) is 4.99. The fourth-order valence-corrected chi connectivity index (χ4v) is 3.18. The maximum atomic E-state index is 5.91. The Morgan fingerprint density at radius 2 is 1.92 bits per heavy atom. The van der Waals surface area contributed by atoms with Crippen molar-refractivity contribution in [3.63, 3.8) is 0 Å². The molecule has 0 saturated carbocycles. The summed E-state index contributed by atoms with van der Waals surface area (Å²) in [6.07, 6.45) is 0. The highest BCUT2D eigenvalue weighted by Gasteiger charge is 2.07. The lowest BCUT2D eigenvalue weighted by Gasteiger charge is -2.15. The first-order chi connectivity index (χ1) is 12.5. The molecule has 0 spiro atoms. The van der Waals surface area contributed by atoms with Crippen LogP contribution in [0.5, 0.6) is 5.75 Å². The number of likely N-dealkylation sites (N-methyl/N-ethyl adjacent to an activating group) is 1. The molecule has 0 radical (unpaired) electrons. The number of guanidine groups is 1. The summed E-state index contributed by atoms with van der Waals surface area (Å²) in [5.41, 5.74) is 2.20. The fraction of sp³-hybridized carbons (Fsp3) is 0.474. The SMILES string of the molecule is CN=C(NCc1nc(C)c(C)s1)NCc1ccccc1OCCN(C)C. The Bertz CT molecular complexity index is 707. The van der Waals surface area contributed by atoms with Gasteiger partial charge in [-0.05, 0) is 34.0 Å². The number of aromatic nitrogens is 1. The van der Waals surface area contributed by atoms with Gasteiger partial charge in [0.05, 0.1) is 12.2 Å². The zero-order valence-corrected chi connectivity index (χ0v) is 17.1. The molecule has 0 fully saturated rings. The van der Waals surface area contributed by atoms with Crippen LogP contribution < -0.4 is 15.4 Å². The van der Waals surface area contributed by atoms with Gasteiger partial charge in [0.2, 0.25) is 0 Å². The van der Waals surface area contributed by atoms with Crippen LogP contribution in [0.15, 0.2) is 29.3 Å². The topological polar surface area (TPSA) is 61.8 Å². The van der Waals surface area contributed by atoms with Crippen molar-refractivity contribution in [1.29, 1.82) is 0 Å². The monoisotopic (exact) mass is 375 g/mol. The van der Waals surface area contributed by atoms with Crippen LogP contribution in [0.2, 0.25) is 0 Å². The van der Waals surface area contributed by atoms with Gasteiger partial charge in [0.15, 0.2) is 5.96 Å². The highest BCUT2D eigenvalue weighted by atomic mass is 32.1. The van der Waals surface area contributed by atoms with E-state index in [9.17, 15) is 0 Å². The number of nitrogens with zero attached hydrogens (tertiary/aromatic N) is 3. The van der Waals surface area contributed by atoms with E-state index in [1.165, 1.54) is 4.88 Å². The van der Waals surface area contributed by atoms with Gasteiger partial charge in [-0.1, -0.05) is 18.2 Å². The van der Waals surface area contributed by atoms with Gasteiger partial charge in [-0.15, -0.1) is 11.3 Å². The van der Waals surface area contributed by atoms with Crippen molar-refractivity contribution in [2.24, 2.45) is 4.99 Å². The highest BCUT2D eigenvalue weighted by molar-refractivity contribution is 7.11. The first kappa shape index (κ1) is 20.2. The van der Waals surface area contributed by atoms with E-state index in [-0.39, 0.29) is 0 Å². The molecule has 0 atom stereocenters. The summed E-state index contributed by atoms with van der Waals surface area (Å²) in [7, 11) is 5.85. The van der Waals surface area contributed by atoms with Crippen LogP contribution >= 0.6 is 11.3 Å². The molecule has 1 aromatic carbocycles. The van der Waals surface area contributed by atoms with Crippen LogP contribution in [-0.4, -0.2) is 50.1 Å². The number of aliphatic imine (C=N–C) groups is 1. The van der Waals surface area contributed by atoms with Crippen LogP contribution in [0.4, 0.5) is 0 Å². The van der Waals surface area contributed by atoms with Gasteiger partial charge in [0.1, 0.15) is 17.4 Å². The zero-order chi connectivity index (χ0) is 18.9. The predicted octanol–water partition coefficient (Wildman–Crippen LogP) is 2.57. The van der Waals surface area contributed by atoms with Crippen LogP contribution in [0.1, 0.15) is 21.1 Å². The van der Waals surface area contributed by atoms with Crippen molar-refractivity contribution in [3.05, 3.63) is 45.4 Å². The minimum Gasteiger partial charge on any atom is -0.492 e. The molecule has 26 heavy (non-hydrogen) atoms. The third-order valence-electron chi connectivity index (χ3n) is 3.92. The second-order valence-electron chi connectivity index (χ2n) is 6.29. The minimum atomic E-state index is 0.647. The molecule has 0 unspecified atom stereocenters. The molecule has 0 bridgehead atoms. The summed E-state index contributed by atoms with van der Waals surface area (Å²) in [4.78, 5) is 12.2. The fourth-order valence-electron chi connectivity index (χ4n) is 2.30. The zero-order valence-electron chi connectivity index (χ0n) is 16.3. The van der Waals surface area contributed by atoms with Gasteiger partial charge < -0.3 is 20.3 Å². The summed E-state index contributed by atoms with van der Waals surface area (Å²) >= 11 is 1.71. The Morgan fingerprint density at radius 3 is 2.58 bits per heavy atom. The largest absolute Gasteiger partial charge is 0.492 e. The smallest absolute Gasteiger partial charge is 0.191 e. The normalized spacial score (nSPS) is 11.7. The lowest BCUT2D eigenvalue weighted by Crippen LogP contribution is -2.36. The molecule has 0 saturated heterocycles. The number of aryl methyl sites for hydroxylation is 2. The molecule has 0 amide bonds. The molecular formula is C19H29N5OS. The van der Waals surface area contributed by atoms with E-state index >= 15 is 0 Å². The molecule has 2 N–H and O–H groups in total. The second-order valence-corrected chi connectivity index (χ2v) is 7.58. The van der Waals surface area contributed by atoms with Crippen molar-refractivity contribution >= 4 is 17.3 Å². The summed E-state index contributed by atoms with van der Waals surface area (Å²) in [5, 5.41) is 7.72. The van der Waals surface area contributed by atoms with Crippen LogP contribution in [0.3, 0.4) is 0 Å². The molecule has 1 heterocycles. The van der Waals surface area contributed by atoms with Gasteiger partial charge in [-0.25, -0.2) is 4.98 Å². The van der Waals surface area contributed by atoms with Gasteiger partial charge >= 0.3 is 0 Å². The van der Waals surface area contributed by atoms with Crippen molar-refractivity contribution in [3.8, 4) is 5.75 Å². The minimum absolute atomic E-state index is 0.647. The average Bonchev–Trinajstić information content (AvgIpc) is 2.94. The molecule has 0 aliphatic carbocycles. The molecule has 2 aromatic rings. The number of ether oxygens (including phenoxy) is 1. The lowest BCUT2D eigenvalue weighted by atomic mass is 10.2. The predicted molar refractivity (Wildman–Crippen MR) is 109 cm³/mol. The third kappa shape index (κ3) is 6.31. The molecule has 0 aliphatic rings. The standard InChI is InChI=1S/C19H29N5OS/c1-14-15(2)26-18(23-14)13-22-19(20-3)21-12-16-8-6-7-9-17(16)25-11-10-24(4)5/h6-9H,10-13H2,1-5H3,(H2,20,21,22). The van der Waals surface area contributed by atoms with Gasteiger partial charge in [-0.3, -0.25) is 4.99 Å². The Morgan fingerprint density at radius 1 is 1.19 bits per heavy atom. The Kier molecular flexibility index (Phi) is 7.87. The summed E-state index contributed by atoms with van der Waals surface area (Å²) in [6, 6.07) is 8.09. The number of hydrogen-bond acceptors (Lipinski definition) is 5. The Balaban J connectivity index is 1.87. The molecule has 2 rings (SSSR count). The Hall–Kier alpha value is -2.12. The lowest BCUT2D eigenvalue weighted by molar-refractivity contribution is 0.259. The number of rotatable bonds is 8. The number of para-hydroxylation sites is 1. The summed E-state index contributed by atoms with van der Waals surface area (Å²) in [5.74, 6) is 1.65. The van der Waals surface area contributed by atoms with Crippen molar-refractivity contribution in [1.82, 2.24) is 20.5 Å². The second kappa shape index (κ2) is 10.1. The molecule has 0 aliphatic heterocycles. The van der Waals surface area contributed by atoms with Crippen molar-refractivity contribution < 1.29 is 4.74 Å². The van der Waals surface area contributed by atoms with Gasteiger partial charge in [-0.2, -0.15) is 0 Å². The highest BCUT2D eigenvalue weighted by Crippen LogP contribution is 2.18.